The van der Waals surface area contributed by atoms with E-state index in [9.17, 15) is 14.4 Å². The minimum atomic E-state index is -0.219. The second kappa shape index (κ2) is 45.5. The van der Waals surface area contributed by atoms with Gasteiger partial charge in [0.15, 0.2) is 0 Å². The summed E-state index contributed by atoms with van der Waals surface area (Å²) in [4.78, 5) is 40.4. The number of carbonyl (C=O) groups is 3. The molecular weight excluding hydrogens is 753 g/mol. The normalized spacial score (nSPS) is 13.2. The highest BCUT2D eigenvalue weighted by Crippen LogP contribution is 2.18. The number of esters is 1. The van der Waals surface area contributed by atoms with Crippen molar-refractivity contribution >= 4 is 17.8 Å². The number of hydrogen-bond donors (Lipinski definition) is 0. The van der Waals surface area contributed by atoms with Crippen molar-refractivity contribution in [1.29, 1.82) is 0 Å². The first kappa shape index (κ1) is 58.5. The van der Waals surface area contributed by atoms with E-state index in [0.717, 1.165) is 84.0 Å². The van der Waals surface area contributed by atoms with Gasteiger partial charge in [0.05, 0.1) is 12.7 Å². The highest BCUT2D eigenvalue weighted by atomic mass is 16.7. The second-order valence-electron chi connectivity index (χ2n) is 17.5. The Morgan fingerprint density at radius 3 is 1.48 bits per heavy atom. The SMILES string of the molecule is C.CCCCCCCCCOC(=O)CCCCCCCN(CCCCCCCCOCOC(CCCCCCCC)CCCCCCCC)CCCN1C(=O)COCC1=O. The third kappa shape index (κ3) is 37.0. The van der Waals surface area contributed by atoms with Crippen LogP contribution in [0.15, 0.2) is 0 Å². The molecule has 9 heteroatoms. The van der Waals surface area contributed by atoms with E-state index in [0.29, 0.717) is 32.5 Å². The Kier molecular flexibility index (Phi) is 44.3. The lowest BCUT2D eigenvalue weighted by atomic mass is 10.0. The van der Waals surface area contributed by atoms with Crippen molar-refractivity contribution in [2.45, 2.75) is 253 Å². The van der Waals surface area contributed by atoms with Gasteiger partial charge in [-0.1, -0.05) is 189 Å². The molecule has 1 rings (SSSR count). The number of unbranched alkanes of at least 4 members (excludes halogenated alkanes) is 25. The summed E-state index contributed by atoms with van der Waals surface area (Å²) in [6.45, 7) is 12.0. The summed E-state index contributed by atoms with van der Waals surface area (Å²) in [5.41, 5.74) is 0. The molecule has 1 heterocycles. The molecule has 0 aromatic carbocycles. The molecule has 0 N–H and O–H groups in total. The molecule has 9 nitrogen and oxygen atoms in total. The number of ether oxygens (including phenoxy) is 4. The molecule has 0 aromatic rings. The molecule has 1 fully saturated rings. The summed E-state index contributed by atoms with van der Waals surface area (Å²) < 4.78 is 22.7. The Morgan fingerprint density at radius 1 is 0.550 bits per heavy atom. The average Bonchev–Trinajstić information content (AvgIpc) is 3.23. The van der Waals surface area contributed by atoms with Crippen molar-refractivity contribution in [3.8, 4) is 0 Å². The van der Waals surface area contributed by atoms with Crippen LogP contribution in [0.4, 0.5) is 0 Å². The molecular formula is C51H100N2O7. The molecule has 0 aromatic heterocycles. The van der Waals surface area contributed by atoms with Crippen LogP contribution in [0.5, 0.6) is 0 Å². The number of amides is 2. The number of carbonyl (C=O) groups excluding carboxylic acids is 3. The van der Waals surface area contributed by atoms with Crippen LogP contribution in [-0.2, 0) is 33.3 Å². The summed E-state index contributed by atoms with van der Waals surface area (Å²) in [5, 5.41) is 0. The molecule has 60 heavy (non-hydrogen) atoms. The summed E-state index contributed by atoms with van der Waals surface area (Å²) >= 11 is 0. The van der Waals surface area contributed by atoms with Gasteiger partial charge in [-0.3, -0.25) is 19.3 Å². The highest BCUT2D eigenvalue weighted by Gasteiger charge is 2.26. The van der Waals surface area contributed by atoms with E-state index < -0.39 is 0 Å². The molecule has 2 amide bonds. The number of morpholine rings is 1. The molecule has 0 spiro atoms. The standard InChI is InChI=1S/C50H96N2O7.CH4/c1-4-7-10-13-17-26-33-43-58-50(55)37-29-22-19-24-31-39-51(40-34-41-52-48(53)44-57-45-49(52)54)38-30-23-16-18-25-32-42-56-46-59-47(35-27-20-14-11-8-5-2)36-28-21-15-12-9-6-3;/h47H,4-46H2,1-3H3;1H4. The first-order valence-corrected chi connectivity index (χ1v) is 25.5. The van der Waals surface area contributed by atoms with E-state index in [-0.39, 0.29) is 38.4 Å². The Morgan fingerprint density at radius 2 is 0.967 bits per heavy atom. The van der Waals surface area contributed by atoms with Gasteiger partial charge in [-0.2, -0.15) is 0 Å². The van der Waals surface area contributed by atoms with Crippen molar-refractivity contribution in [3.63, 3.8) is 0 Å². The fraction of sp³-hybridized carbons (Fsp3) is 0.941. The van der Waals surface area contributed by atoms with Crippen molar-refractivity contribution in [3.05, 3.63) is 0 Å². The van der Waals surface area contributed by atoms with E-state index in [1.807, 2.05) is 0 Å². The summed E-state index contributed by atoms with van der Waals surface area (Å²) in [6, 6.07) is 0. The molecule has 1 aliphatic rings. The van der Waals surface area contributed by atoms with Gasteiger partial charge in [0.25, 0.3) is 11.8 Å². The van der Waals surface area contributed by atoms with E-state index in [4.69, 9.17) is 18.9 Å². The average molecular weight is 853 g/mol. The molecule has 1 saturated heterocycles. The smallest absolute Gasteiger partial charge is 0.305 e. The molecule has 0 saturated carbocycles. The first-order valence-electron chi connectivity index (χ1n) is 25.5. The predicted molar refractivity (Wildman–Crippen MR) is 251 cm³/mol. The van der Waals surface area contributed by atoms with Gasteiger partial charge in [-0.15, -0.1) is 0 Å². The largest absolute Gasteiger partial charge is 0.466 e. The Hall–Kier alpha value is -1.55. The van der Waals surface area contributed by atoms with Crippen LogP contribution in [0.3, 0.4) is 0 Å². The van der Waals surface area contributed by atoms with Crippen LogP contribution < -0.4 is 0 Å². The van der Waals surface area contributed by atoms with Crippen LogP contribution in [0.25, 0.3) is 0 Å². The fourth-order valence-electron chi connectivity index (χ4n) is 8.08. The van der Waals surface area contributed by atoms with Gasteiger partial charge < -0.3 is 23.8 Å². The minimum Gasteiger partial charge on any atom is -0.466 e. The van der Waals surface area contributed by atoms with Crippen LogP contribution in [0.2, 0.25) is 0 Å². The molecule has 0 bridgehead atoms. The molecule has 1 aliphatic heterocycles. The monoisotopic (exact) mass is 853 g/mol. The topological polar surface area (TPSA) is 94.6 Å². The van der Waals surface area contributed by atoms with Crippen LogP contribution >= 0.6 is 0 Å². The third-order valence-electron chi connectivity index (χ3n) is 11.9. The van der Waals surface area contributed by atoms with E-state index in [1.54, 1.807) is 0 Å². The number of imide groups is 1. The zero-order chi connectivity index (χ0) is 42.7. The molecule has 0 aliphatic carbocycles. The van der Waals surface area contributed by atoms with Crippen LogP contribution in [-0.4, -0.2) is 93.1 Å². The maximum absolute atomic E-state index is 12.2. The Balaban J connectivity index is 0.0000348. The van der Waals surface area contributed by atoms with Gasteiger partial charge in [-0.05, 0) is 71.0 Å². The third-order valence-corrected chi connectivity index (χ3v) is 11.9. The second-order valence-corrected chi connectivity index (χ2v) is 17.5. The summed E-state index contributed by atoms with van der Waals surface area (Å²) in [6.07, 6.45) is 41.1. The van der Waals surface area contributed by atoms with Gasteiger partial charge in [0.1, 0.15) is 20.0 Å². The van der Waals surface area contributed by atoms with Crippen molar-refractivity contribution in [2.24, 2.45) is 0 Å². The van der Waals surface area contributed by atoms with Gasteiger partial charge >= 0.3 is 5.97 Å². The zero-order valence-corrected chi connectivity index (χ0v) is 39.2. The molecule has 0 unspecified atom stereocenters. The lowest BCUT2D eigenvalue weighted by Gasteiger charge is -2.27. The number of rotatable bonds is 46. The van der Waals surface area contributed by atoms with Crippen molar-refractivity contribution in [2.75, 3.05) is 59.4 Å². The van der Waals surface area contributed by atoms with Crippen molar-refractivity contribution in [1.82, 2.24) is 9.80 Å². The molecule has 356 valence electrons. The highest BCUT2D eigenvalue weighted by molar-refractivity contribution is 5.98. The quantitative estimate of drug-likeness (QED) is 0.0259. The molecule has 0 radical (unpaired) electrons. The Labute approximate surface area is 371 Å². The lowest BCUT2D eigenvalue weighted by Crippen LogP contribution is -2.47. The van der Waals surface area contributed by atoms with Gasteiger partial charge in [0, 0.05) is 19.6 Å². The fourth-order valence-corrected chi connectivity index (χ4v) is 8.08. The maximum Gasteiger partial charge on any atom is 0.305 e. The van der Waals surface area contributed by atoms with E-state index in [2.05, 4.69) is 25.7 Å². The maximum atomic E-state index is 12.2. The first-order chi connectivity index (χ1) is 29.0. The summed E-state index contributed by atoms with van der Waals surface area (Å²) in [5.74, 6) is -0.481. The van der Waals surface area contributed by atoms with Crippen LogP contribution in [0, 0.1) is 0 Å². The summed E-state index contributed by atoms with van der Waals surface area (Å²) in [7, 11) is 0. The molecule has 0 atom stereocenters. The van der Waals surface area contributed by atoms with Gasteiger partial charge in [-0.25, -0.2) is 0 Å². The van der Waals surface area contributed by atoms with Crippen LogP contribution in [0.1, 0.15) is 247 Å². The van der Waals surface area contributed by atoms with E-state index >= 15 is 0 Å². The number of nitrogens with zero attached hydrogens (tertiary/aromatic N) is 2. The van der Waals surface area contributed by atoms with Gasteiger partial charge in [0.2, 0.25) is 0 Å². The minimum absolute atomic E-state index is 0. The Bertz CT molecular complexity index is 918. The van der Waals surface area contributed by atoms with Crippen molar-refractivity contribution < 1.29 is 33.3 Å². The lowest BCUT2D eigenvalue weighted by molar-refractivity contribution is -0.158. The number of hydrogen-bond acceptors (Lipinski definition) is 8. The zero-order valence-electron chi connectivity index (χ0n) is 39.2. The predicted octanol–water partition coefficient (Wildman–Crippen LogP) is 13.5. The van der Waals surface area contributed by atoms with E-state index in [1.165, 1.54) is 159 Å².